The van der Waals surface area contributed by atoms with E-state index in [-0.39, 0.29) is 24.3 Å². The number of carbonyl (C=O) groups is 2. The number of rotatable bonds is 3. The van der Waals surface area contributed by atoms with Gasteiger partial charge in [0.15, 0.2) is 0 Å². The summed E-state index contributed by atoms with van der Waals surface area (Å²) in [5.41, 5.74) is -0.701. The molecule has 0 aromatic rings. The second kappa shape index (κ2) is 5.76. The molecule has 1 saturated heterocycles. The number of nitrogens with one attached hydrogen (secondary N) is 1. The number of halogens is 1. The molecule has 1 saturated carbocycles. The minimum absolute atomic E-state index is 0.0114. The van der Waals surface area contributed by atoms with Gasteiger partial charge in [-0.25, -0.2) is 0 Å². The van der Waals surface area contributed by atoms with E-state index in [1.54, 1.807) is 4.90 Å². The summed E-state index contributed by atoms with van der Waals surface area (Å²) in [6, 6.07) is -0.453. The second-order valence-electron chi connectivity index (χ2n) is 6.27. The van der Waals surface area contributed by atoms with Crippen molar-refractivity contribution in [2.24, 2.45) is 5.92 Å². The first-order valence-corrected chi connectivity index (χ1v) is 7.71. The first-order valence-electron chi connectivity index (χ1n) is 7.34. The molecule has 1 N–H and O–H groups in total. The molecule has 112 valence electrons. The van der Waals surface area contributed by atoms with Crippen LogP contribution in [0, 0.1) is 5.92 Å². The minimum atomic E-state index is -0.701. The van der Waals surface area contributed by atoms with E-state index in [1.165, 1.54) is 0 Å². The molecule has 2 aliphatic rings. The largest absolute Gasteiger partial charge is 0.340 e. The van der Waals surface area contributed by atoms with Crippen molar-refractivity contribution in [1.82, 2.24) is 10.2 Å². The lowest BCUT2D eigenvalue weighted by atomic mass is 9.77. The average Bonchev–Trinajstić information content (AvgIpc) is 2.35. The Balaban J connectivity index is 2.32. The fourth-order valence-corrected chi connectivity index (χ4v) is 3.55. The van der Waals surface area contributed by atoms with Crippen LogP contribution in [0.25, 0.3) is 0 Å². The van der Waals surface area contributed by atoms with Gasteiger partial charge in [-0.1, -0.05) is 51.3 Å². The van der Waals surface area contributed by atoms with Crippen LogP contribution in [0.15, 0.2) is 11.6 Å². The van der Waals surface area contributed by atoms with Gasteiger partial charge in [-0.3, -0.25) is 9.59 Å². The van der Waals surface area contributed by atoms with Gasteiger partial charge in [0.05, 0.1) is 6.54 Å². The maximum Gasteiger partial charge on any atom is 0.249 e. The zero-order chi connectivity index (χ0) is 14.9. The van der Waals surface area contributed by atoms with Crippen molar-refractivity contribution >= 4 is 23.4 Å². The molecule has 1 aliphatic heterocycles. The van der Waals surface area contributed by atoms with Gasteiger partial charge in [-0.2, -0.15) is 0 Å². The van der Waals surface area contributed by atoms with Gasteiger partial charge < -0.3 is 10.2 Å². The van der Waals surface area contributed by atoms with Crippen molar-refractivity contribution in [3.63, 3.8) is 0 Å². The summed E-state index contributed by atoms with van der Waals surface area (Å²) in [5, 5.41) is 3.41. The molecule has 0 radical (unpaired) electrons. The maximum absolute atomic E-state index is 12.9. The van der Waals surface area contributed by atoms with Crippen LogP contribution in [0.5, 0.6) is 0 Å². The Hall–Kier alpha value is -1.03. The lowest BCUT2D eigenvalue weighted by Gasteiger charge is -2.48. The van der Waals surface area contributed by atoms with E-state index in [4.69, 9.17) is 11.6 Å². The average molecular weight is 299 g/mol. The fraction of sp³-hybridized carbons (Fsp3) is 0.733. The molecule has 1 unspecified atom stereocenters. The molecule has 2 fully saturated rings. The van der Waals surface area contributed by atoms with Crippen LogP contribution in [-0.2, 0) is 9.59 Å². The van der Waals surface area contributed by atoms with E-state index in [2.05, 4.69) is 11.9 Å². The van der Waals surface area contributed by atoms with Crippen LogP contribution in [-0.4, -0.2) is 34.8 Å². The van der Waals surface area contributed by atoms with Gasteiger partial charge in [0.2, 0.25) is 11.8 Å². The Labute approximate surface area is 125 Å². The van der Waals surface area contributed by atoms with E-state index in [0.29, 0.717) is 5.03 Å². The minimum Gasteiger partial charge on any atom is -0.340 e. The van der Waals surface area contributed by atoms with Crippen molar-refractivity contribution in [2.45, 2.75) is 57.5 Å². The number of amides is 2. The van der Waals surface area contributed by atoms with Crippen LogP contribution in [0.1, 0.15) is 46.0 Å². The fourth-order valence-electron chi connectivity index (χ4n) is 3.42. The second-order valence-corrected chi connectivity index (χ2v) is 6.81. The third kappa shape index (κ3) is 2.71. The summed E-state index contributed by atoms with van der Waals surface area (Å²) in [6.45, 7) is 7.81. The molecule has 1 atom stereocenters. The van der Waals surface area contributed by atoms with Crippen molar-refractivity contribution in [1.29, 1.82) is 0 Å². The Morgan fingerprint density at radius 1 is 1.40 bits per heavy atom. The standard InChI is InChI=1S/C15H23ClN2O2/c1-10(2)12-13(19)17-15(7-5-4-6-8-15)14(20)18(12)9-11(3)16/h10,12H,3-9H2,1-2H3,(H,17,19). The van der Waals surface area contributed by atoms with Gasteiger partial charge in [0, 0.05) is 5.03 Å². The zero-order valence-electron chi connectivity index (χ0n) is 12.2. The summed E-state index contributed by atoms with van der Waals surface area (Å²) in [4.78, 5) is 27.0. The molecule has 0 bridgehead atoms. The molecule has 2 rings (SSSR count). The van der Waals surface area contributed by atoms with Crippen LogP contribution >= 0.6 is 11.6 Å². The highest BCUT2D eigenvalue weighted by molar-refractivity contribution is 6.29. The summed E-state index contributed by atoms with van der Waals surface area (Å²) in [5.74, 6) is 0.00706. The smallest absolute Gasteiger partial charge is 0.249 e. The van der Waals surface area contributed by atoms with Crippen LogP contribution in [0.4, 0.5) is 0 Å². The number of hydrogen-bond donors (Lipinski definition) is 1. The predicted molar refractivity (Wildman–Crippen MR) is 79.3 cm³/mol. The van der Waals surface area contributed by atoms with Gasteiger partial charge in [0.1, 0.15) is 11.6 Å². The Bertz CT molecular complexity index is 428. The monoisotopic (exact) mass is 298 g/mol. The van der Waals surface area contributed by atoms with E-state index >= 15 is 0 Å². The molecular formula is C15H23ClN2O2. The normalized spacial score (nSPS) is 26.0. The topological polar surface area (TPSA) is 49.4 Å². The molecule has 1 spiro atoms. The summed E-state index contributed by atoms with van der Waals surface area (Å²) < 4.78 is 0. The quantitative estimate of drug-likeness (QED) is 0.870. The molecule has 5 heteroatoms. The first-order chi connectivity index (χ1) is 9.37. The maximum atomic E-state index is 12.9. The van der Waals surface area contributed by atoms with E-state index in [9.17, 15) is 9.59 Å². The van der Waals surface area contributed by atoms with Gasteiger partial charge in [-0.05, 0) is 18.8 Å². The van der Waals surface area contributed by atoms with Crippen molar-refractivity contribution in [3.8, 4) is 0 Å². The molecule has 4 nitrogen and oxygen atoms in total. The van der Waals surface area contributed by atoms with E-state index < -0.39 is 11.6 Å². The number of nitrogens with zero attached hydrogens (tertiary/aromatic N) is 1. The van der Waals surface area contributed by atoms with Crippen molar-refractivity contribution in [3.05, 3.63) is 11.6 Å². The Morgan fingerprint density at radius 3 is 2.50 bits per heavy atom. The lowest BCUT2D eigenvalue weighted by Crippen LogP contribution is -2.71. The molecule has 2 amide bonds. The van der Waals surface area contributed by atoms with Crippen LogP contribution in [0.2, 0.25) is 0 Å². The van der Waals surface area contributed by atoms with Crippen molar-refractivity contribution < 1.29 is 9.59 Å². The molecule has 0 aromatic heterocycles. The van der Waals surface area contributed by atoms with Gasteiger partial charge in [0.25, 0.3) is 0 Å². The molecule has 20 heavy (non-hydrogen) atoms. The summed E-state index contributed by atoms with van der Waals surface area (Å²) >= 11 is 5.90. The number of piperazine rings is 1. The van der Waals surface area contributed by atoms with E-state index in [1.807, 2.05) is 13.8 Å². The first kappa shape index (κ1) is 15.4. The molecular weight excluding hydrogens is 276 g/mol. The third-order valence-electron chi connectivity index (χ3n) is 4.32. The van der Waals surface area contributed by atoms with Gasteiger partial charge in [-0.15, -0.1) is 0 Å². The summed E-state index contributed by atoms with van der Waals surface area (Å²) in [6.07, 6.45) is 4.55. The highest BCUT2D eigenvalue weighted by Crippen LogP contribution is 2.34. The summed E-state index contributed by atoms with van der Waals surface area (Å²) in [7, 11) is 0. The molecule has 0 aromatic carbocycles. The van der Waals surface area contributed by atoms with Gasteiger partial charge >= 0.3 is 0 Å². The third-order valence-corrected chi connectivity index (χ3v) is 4.44. The highest BCUT2D eigenvalue weighted by Gasteiger charge is 2.51. The number of hydrogen-bond acceptors (Lipinski definition) is 2. The Kier molecular flexibility index (Phi) is 4.43. The van der Waals surface area contributed by atoms with Crippen LogP contribution < -0.4 is 5.32 Å². The lowest BCUT2D eigenvalue weighted by molar-refractivity contribution is -0.157. The predicted octanol–water partition coefficient (Wildman–Crippen LogP) is 2.42. The SMILES string of the molecule is C=C(Cl)CN1C(=O)C2(CCCCC2)NC(=O)C1C(C)C. The van der Waals surface area contributed by atoms with E-state index in [0.717, 1.165) is 32.1 Å². The molecule has 1 aliphatic carbocycles. The molecule has 1 heterocycles. The number of carbonyl (C=O) groups excluding carboxylic acids is 2. The highest BCUT2D eigenvalue weighted by atomic mass is 35.5. The Morgan fingerprint density at radius 2 is 2.00 bits per heavy atom. The zero-order valence-corrected chi connectivity index (χ0v) is 13.0. The van der Waals surface area contributed by atoms with Crippen molar-refractivity contribution in [2.75, 3.05) is 6.54 Å². The van der Waals surface area contributed by atoms with Crippen LogP contribution in [0.3, 0.4) is 0 Å².